The normalized spacial score (nSPS) is 22.3. The molecule has 1 aromatic rings. The molecule has 0 spiro atoms. The number of hydrogen-bond donors (Lipinski definition) is 0. The highest BCUT2D eigenvalue weighted by Crippen LogP contribution is 2.24. The van der Waals surface area contributed by atoms with Crippen molar-refractivity contribution in [3.63, 3.8) is 0 Å². The van der Waals surface area contributed by atoms with Crippen molar-refractivity contribution in [2.45, 2.75) is 16.8 Å². The number of hydrogen-bond acceptors (Lipinski definition) is 3. The molecule has 1 aliphatic rings. The monoisotopic (exact) mass is 198 g/mol. The Labute approximate surface area is 77.3 Å². The third-order valence-corrected chi connectivity index (χ3v) is 4.07. The molecule has 1 atom stereocenters. The van der Waals surface area contributed by atoms with Gasteiger partial charge in [0.2, 0.25) is 9.84 Å². The predicted molar refractivity (Wildman–Crippen MR) is 48.0 cm³/mol. The van der Waals surface area contributed by atoms with Gasteiger partial charge in [0.05, 0.1) is 11.5 Å². The maximum absolute atomic E-state index is 11.7. The fraction of sp³-hybridized carbons (Fsp3) is 0.333. The van der Waals surface area contributed by atoms with E-state index in [0.717, 1.165) is 0 Å². The molecule has 1 aromatic carbocycles. The van der Waals surface area contributed by atoms with E-state index in [1.165, 1.54) is 0 Å². The van der Waals surface area contributed by atoms with Crippen molar-refractivity contribution < 1.29 is 13.2 Å². The zero-order valence-corrected chi connectivity index (χ0v) is 7.83. The Morgan fingerprint density at radius 2 is 1.85 bits per heavy atom. The Morgan fingerprint density at radius 3 is 2.31 bits per heavy atom. The highest BCUT2D eigenvalue weighted by molar-refractivity contribution is 7.92. The van der Waals surface area contributed by atoms with Crippen LogP contribution in [0.25, 0.3) is 0 Å². The summed E-state index contributed by atoms with van der Waals surface area (Å²) in [5.41, 5.74) is -0.616. The first-order chi connectivity index (χ1) is 6.21. The van der Waals surface area contributed by atoms with Gasteiger partial charge in [0.1, 0.15) is 0 Å². The van der Waals surface area contributed by atoms with E-state index in [4.69, 9.17) is 4.74 Å². The van der Waals surface area contributed by atoms with Crippen molar-refractivity contribution in [1.29, 1.82) is 0 Å². The molecule has 70 valence electrons. The van der Waals surface area contributed by atoms with Crippen molar-refractivity contribution in [3.05, 3.63) is 30.3 Å². The largest absolute Gasteiger partial charge is 0.362 e. The molecule has 1 fully saturated rings. The average molecular weight is 198 g/mol. The summed E-state index contributed by atoms with van der Waals surface area (Å²) in [5, 5.41) is 0. The lowest BCUT2D eigenvalue weighted by atomic mass is 10.4. The molecule has 0 radical (unpaired) electrons. The first-order valence-corrected chi connectivity index (χ1v) is 5.66. The first kappa shape index (κ1) is 8.72. The molecule has 0 bridgehead atoms. The Hall–Kier alpha value is -0.870. The van der Waals surface area contributed by atoms with E-state index in [1.54, 1.807) is 30.3 Å². The average Bonchev–Trinajstić information content (AvgIpc) is 2.02. The van der Waals surface area contributed by atoms with Crippen molar-refractivity contribution in [2.75, 3.05) is 6.61 Å². The summed E-state index contributed by atoms with van der Waals surface area (Å²) in [6.07, 6.45) is 0.608. The second-order valence-electron chi connectivity index (χ2n) is 2.95. The van der Waals surface area contributed by atoms with Crippen LogP contribution >= 0.6 is 0 Å². The maximum Gasteiger partial charge on any atom is 0.205 e. The number of ether oxygens (including phenoxy) is 1. The van der Waals surface area contributed by atoms with Crippen LogP contribution in [-0.4, -0.2) is 20.5 Å². The fourth-order valence-electron chi connectivity index (χ4n) is 1.22. The van der Waals surface area contributed by atoms with Gasteiger partial charge in [-0.15, -0.1) is 0 Å². The number of sulfone groups is 1. The van der Waals surface area contributed by atoms with Crippen LogP contribution in [0, 0.1) is 0 Å². The summed E-state index contributed by atoms with van der Waals surface area (Å²) < 4.78 is 28.3. The molecule has 0 aromatic heterocycles. The molecule has 2 rings (SSSR count). The van der Waals surface area contributed by atoms with Crippen LogP contribution in [0.15, 0.2) is 35.2 Å². The maximum atomic E-state index is 11.7. The summed E-state index contributed by atoms with van der Waals surface area (Å²) in [7, 11) is -3.22. The van der Waals surface area contributed by atoms with Crippen molar-refractivity contribution in [1.82, 2.24) is 0 Å². The van der Waals surface area contributed by atoms with Crippen LogP contribution < -0.4 is 0 Å². The molecule has 1 unspecified atom stereocenters. The highest BCUT2D eigenvalue weighted by Gasteiger charge is 2.33. The van der Waals surface area contributed by atoms with E-state index in [9.17, 15) is 8.42 Å². The molecule has 1 heterocycles. The molecule has 1 aliphatic heterocycles. The molecule has 0 N–H and O–H groups in total. The molecule has 13 heavy (non-hydrogen) atoms. The van der Waals surface area contributed by atoms with E-state index in [2.05, 4.69) is 0 Å². The minimum absolute atomic E-state index is 0.347. The zero-order chi connectivity index (χ0) is 9.31. The summed E-state index contributed by atoms with van der Waals surface area (Å²) in [6, 6.07) is 8.41. The minimum atomic E-state index is -3.22. The zero-order valence-electron chi connectivity index (χ0n) is 7.01. The van der Waals surface area contributed by atoms with E-state index >= 15 is 0 Å². The SMILES string of the molecule is O=S(=O)(c1ccccc1)C1CCO1. The van der Waals surface area contributed by atoms with Crippen LogP contribution in [0.3, 0.4) is 0 Å². The number of rotatable bonds is 2. The smallest absolute Gasteiger partial charge is 0.205 e. The molecular formula is C9H10O3S. The molecule has 3 nitrogen and oxygen atoms in total. The molecule has 1 saturated heterocycles. The minimum Gasteiger partial charge on any atom is -0.362 e. The van der Waals surface area contributed by atoms with Gasteiger partial charge >= 0.3 is 0 Å². The lowest BCUT2D eigenvalue weighted by Crippen LogP contribution is -2.34. The van der Waals surface area contributed by atoms with Gasteiger partial charge in [-0.05, 0) is 12.1 Å². The summed E-state index contributed by atoms with van der Waals surface area (Å²) in [6.45, 7) is 0.552. The number of benzene rings is 1. The third kappa shape index (κ3) is 1.47. The Bertz CT molecular complexity index is 379. The van der Waals surface area contributed by atoms with Crippen molar-refractivity contribution in [3.8, 4) is 0 Å². The Morgan fingerprint density at radius 1 is 1.23 bits per heavy atom. The molecular weight excluding hydrogens is 188 g/mol. The van der Waals surface area contributed by atoms with Gasteiger partial charge in [0, 0.05) is 6.42 Å². The Balaban J connectivity index is 2.35. The van der Waals surface area contributed by atoms with Crippen molar-refractivity contribution >= 4 is 9.84 Å². The van der Waals surface area contributed by atoms with Crippen molar-refractivity contribution in [2.24, 2.45) is 0 Å². The van der Waals surface area contributed by atoms with Gasteiger partial charge in [-0.3, -0.25) is 0 Å². The van der Waals surface area contributed by atoms with E-state index in [1.807, 2.05) is 0 Å². The summed E-state index contributed by atoms with van der Waals surface area (Å²) in [4.78, 5) is 0.347. The lowest BCUT2D eigenvalue weighted by Gasteiger charge is -2.25. The fourth-order valence-corrected chi connectivity index (χ4v) is 2.74. The third-order valence-electron chi connectivity index (χ3n) is 2.08. The predicted octanol–water partition coefficient (Wildman–Crippen LogP) is 1.21. The van der Waals surface area contributed by atoms with Gasteiger partial charge in [-0.25, -0.2) is 8.42 Å². The van der Waals surface area contributed by atoms with E-state index in [-0.39, 0.29) is 0 Å². The highest BCUT2D eigenvalue weighted by atomic mass is 32.2. The van der Waals surface area contributed by atoms with Gasteiger partial charge < -0.3 is 4.74 Å². The van der Waals surface area contributed by atoms with Gasteiger partial charge in [0.15, 0.2) is 5.44 Å². The molecule has 0 saturated carbocycles. The molecule has 4 heteroatoms. The lowest BCUT2D eigenvalue weighted by molar-refractivity contribution is 0.00316. The van der Waals surface area contributed by atoms with Gasteiger partial charge in [-0.2, -0.15) is 0 Å². The second kappa shape index (κ2) is 3.12. The first-order valence-electron chi connectivity index (χ1n) is 4.12. The Kier molecular flexibility index (Phi) is 2.09. The van der Waals surface area contributed by atoms with E-state index < -0.39 is 15.3 Å². The quantitative estimate of drug-likeness (QED) is 0.717. The van der Waals surface area contributed by atoms with Crippen LogP contribution in [0.5, 0.6) is 0 Å². The second-order valence-corrected chi connectivity index (χ2v) is 5.03. The summed E-state index contributed by atoms with van der Waals surface area (Å²) in [5.74, 6) is 0. The van der Waals surface area contributed by atoms with Gasteiger partial charge in [-0.1, -0.05) is 18.2 Å². The van der Waals surface area contributed by atoms with Crippen LogP contribution in [0.4, 0.5) is 0 Å². The van der Waals surface area contributed by atoms with Crippen LogP contribution in [0.2, 0.25) is 0 Å². The molecule has 0 aliphatic carbocycles. The molecule has 0 amide bonds. The topological polar surface area (TPSA) is 43.4 Å². The van der Waals surface area contributed by atoms with E-state index in [0.29, 0.717) is 17.9 Å². The van der Waals surface area contributed by atoms with Crippen LogP contribution in [-0.2, 0) is 14.6 Å². The summed E-state index contributed by atoms with van der Waals surface area (Å²) >= 11 is 0. The standard InChI is InChI=1S/C9H10O3S/c10-13(11,9-6-7-12-9)8-4-2-1-3-5-8/h1-5,9H,6-7H2. The van der Waals surface area contributed by atoms with Gasteiger partial charge in [0.25, 0.3) is 0 Å². The van der Waals surface area contributed by atoms with Crippen LogP contribution in [0.1, 0.15) is 6.42 Å².